The van der Waals surface area contributed by atoms with Crippen molar-refractivity contribution in [3.8, 4) is 5.75 Å². The number of nitrogens with zero attached hydrogens (tertiary/aromatic N) is 2. The number of imidazole rings is 1. The molecule has 2 N–H and O–H groups in total. The van der Waals surface area contributed by atoms with E-state index in [0.29, 0.717) is 0 Å². The number of benzene rings is 3. The molecule has 0 saturated carbocycles. The zero-order valence-electron chi connectivity index (χ0n) is 13.7. The van der Waals surface area contributed by atoms with Crippen molar-refractivity contribution in [3.63, 3.8) is 0 Å². The van der Waals surface area contributed by atoms with E-state index in [9.17, 15) is 0 Å². The summed E-state index contributed by atoms with van der Waals surface area (Å²) >= 11 is 0. The molecule has 0 fully saturated rings. The molecule has 120 valence electrons. The summed E-state index contributed by atoms with van der Waals surface area (Å²) in [7, 11) is 3.68. The second-order valence-corrected chi connectivity index (χ2v) is 5.90. The van der Waals surface area contributed by atoms with E-state index < -0.39 is 0 Å². The number of nitrogens with two attached hydrogens (primary N) is 1. The zero-order chi connectivity index (χ0) is 16.7. The summed E-state index contributed by atoms with van der Waals surface area (Å²) in [5, 5.41) is 2.24. The first-order chi connectivity index (χ1) is 11.7. The molecule has 1 unspecified atom stereocenters. The molecular formula is C20H19N3O. The van der Waals surface area contributed by atoms with Crippen LogP contribution in [-0.4, -0.2) is 16.7 Å². The molecule has 1 aromatic heterocycles. The third-order valence-corrected chi connectivity index (χ3v) is 4.56. The summed E-state index contributed by atoms with van der Waals surface area (Å²) < 4.78 is 7.65. The van der Waals surface area contributed by atoms with Crippen LogP contribution in [0.5, 0.6) is 5.75 Å². The van der Waals surface area contributed by atoms with Crippen LogP contribution < -0.4 is 10.5 Å². The van der Waals surface area contributed by atoms with E-state index in [1.807, 2.05) is 43.4 Å². The molecule has 0 bridgehead atoms. The lowest BCUT2D eigenvalue weighted by Gasteiger charge is -2.18. The first-order valence-corrected chi connectivity index (χ1v) is 7.93. The van der Waals surface area contributed by atoms with Crippen LogP contribution in [0, 0.1) is 0 Å². The molecule has 1 atom stereocenters. The third-order valence-electron chi connectivity index (χ3n) is 4.56. The van der Waals surface area contributed by atoms with Crippen LogP contribution >= 0.6 is 0 Å². The van der Waals surface area contributed by atoms with Gasteiger partial charge in [0, 0.05) is 12.6 Å². The van der Waals surface area contributed by atoms with Crippen LogP contribution in [0.1, 0.15) is 17.4 Å². The van der Waals surface area contributed by atoms with Crippen molar-refractivity contribution in [2.75, 3.05) is 7.11 Å². The molecular weight excluding hydrogens is 298 g/mol. The maximum atomic E-state index is 6.66. The van der Waals surface area contributed by atoms with Gasteiger partial charge < -0.3 is 15.0 Å². The van der Waals surface area contributed by atoms with Crippen molar-refractivity contribution >= 4 is 21.8 Å². The van der Waals surface area contributed by atoms with E-state index in [-0.39, 0.29) is 6.04 Å². The van der Waals surface area contributed by atoms with Crippen molar-refractivity contribution in [1.29, 1.82) is 0 Å². The van der Waals surface area contributed by atoms with Gasteiger partial charge in [-0.05, 0) is 29.0 Å². The third kappa shape index (κ3) is 2.15. The Bertz CT molecular complexity index is 1040. The Morgan fingerprint density at radius 3 is 2.54 bits per heavy atom. The lowest BCUT2D eigenvalue weighted by Crippen LogP contribution is -2.18. The average Bonchev–Trinajstić information content (AvgIpc) is 2.97. The summed E-state index contributed by atoms with van der Waals surface area (Å²) in [5.74, 6) is 1.61. The molecule has 0 aliphatic heterocycles. The highest BCUT2D eigenvalue weighted by molar-refractivity contribution is 5.89. The molecule has 0 saturated heterocycles. The Balaban J connectivity index is 1.97. The van der Waals surface area contributed by atoms with Gasteiger partial charge in [0.15, 0.2) is 0 Å². The fourth-order valence-corrected chi connectivity index (χ4v) is 3.35. The van der Waals surface area contributed by atoms with E-state index >= 15 is 0 Å². The number of hydrogen-bond donors (Lipinski definition) is 1. The Morgan fingerprint density at radius 2 is 1.75 bits per heavy atom. The van der Waals surface area contributed by atoms with Gasteiger partial charge in [-0.2, -0.15) is 0 Å². The maximum absolute atomic E-state index is 6.66. The maximum Gasteiger partial charge on any atom is 0.131 e. The quantitative estimate of drug-likeness (QED) is 0.625. The van der Waals surface area contributed by atoms with E-state index in [1.54, 1.807) is 7.11 Å². The SMILES string of the molecule is COc1ccc2ccccc2c1C(N)c1nc2ccccc2n1C. The van der Waals surface area contributed by atoms with Gasteiger partial charge in [-0.1, -0.05) is 42.5 Å². The fourth-order valence-electron chi connectivity index (χ4n) is 3.35. The molecule has 0 radical (unpaired) electrons. The Hall–Kier alpha value is -2.85. The predicted molar refractivity (Wildman–Crippen MR) is 97.2 cm³/mol. The highest BCUT2D eigenvalue weighted by Crippen LogP contribution is 2.35. The average molecular weight is 317 g/mol. The van der Waals surface area contributed by atoms with E-state index in [0.717, 1.165) is 38.9 Å². The predicted octanol–water partition coefficient (Wildman–Crippen LogP) is 3.78. The standard InChI is InChI=1S/C20H19N3O/c1-23-16-10-6-5-9-15(16)22-20(23)19(21)18-14-8-4-3-7-13(14)11-12-17(18)24-2/h3-12,19H,21H2,1-2H3. The molecule has 0 spiro atoms. The Labute approximate surface area is 140 Å². The molecule has 4 rings (SSSR count). The van der Waals surface area contributed by atoms with Gasteiger partial charge in [-0.3, -0.25) is 0 Å². The van der Waals surface area contributed by atoms with Gasteiger partial charge in [0.25, 0.3) is 0 Å². The second-order valence-electron chi connectivity index (χ2n) is 5.90. The van der Waals surface area contributed by atoms with Crippen LogP contribution in [0.4, 0.5) is 0 Å². The number of para-hydroxylation sites is 2. The van der Waals surface area contributed by atoms with Gasteiger partial charge in [0.2, 0.25) is 0 Å². The van der Waals surface area contributed by atoms with Crippen molar-refractivity contribution in [3.05, 3.63) is 72.1 Å². The molecule has 4 aromatic rings. The fraction of sp³-hybridized carbons (Fsp3) is 0.150. The number of methoxy groups -OCH3 is 1. The molecule has 4 heteroatoms. The monoisotopic (exact) mass is 317 g/mol. The van der Waals surface area contributed by atoms with Crippen LogP contribution in [0.15, 0.2) is 60.7 Å². The number of aromatic nitrogens is 2. The summed E-state index contributed by atoms with van der Waals surface area (Å²) in [5.41, 5.74) is 9.65. The summed E-state index contributed by atoms with van der Waals surface area (Å²) in [6.45, 7) is 0. The number of ether oxygens (including phenoxy) is 1. The lowest BCUT2D eigenvalue weighted by molar-refractivity contribution is 0.408. The van der Waals surface area contributed by atoms with Crippen LogP contribution in [-0.2, 0) is 7.05 Å². The van der Waals surface area contributed by atoms with E-state index in [2.05, 4.69) is 28.8 Å². The summed E-state index contributed by atoms with van der Waals surface area (Å²) in [6, 6.07) is 19.9. The number of fused-ring (bicyclic) bond motifs is 2. The minimum absolute atomic E-state index is 0.372. The van der Waals surface area contributed by atoms with Gasteiger partial charge in [-0.15, -0.1) is 0 Å². The molecule has 1 heterocycles. The number of hydrogen-bond acceptors (Lipinski definition) is 3. The number of aryl methyl sites for hydroxylation is 1. The largest absolute Gasteiger partial charge is 0.496 e. The van der Waals surface area contributed by atoms with Crippen molar-refractivity contribution in [2.45, 2.75) is 6.04 Å². The second kappa shape index (κ2) is 5.65. The highest BCUT2D eigenvalue weighted by Gasteiger charge is 2.22. The van der Waals surface area contributed by atoms with Crippen molar-refractivity contribution < 1.29 is 4.74 Å². The van der Waals surface area contributed by atoms with E-state index in [4.69, 9.17) is 15.5 Å². The van der Waals surface area contributed by atoms with Gasteiger partial charge in [0.05, 0.1) is 24.2 Å². The summed E-state index contributed by atoms with van der Waals surface area (Å²) in [4.78, 5) is 4.75. The van der Waals surface area contributed by atoms with Crippen LogP contribution in [0.3, 0.4) is 0 Å². The first kappa shape index (κ1) is 14.7. The Kier molecular flexibility index (Phi) is 3.47. The minimum atomic E-state index is -0.372. The smallest absolute Gasteiger partial charge is 0.131 e. The number of rotatable bonds is 3. The summed E-state index contributed by atoms with van der Waals surface area (Å²) in [6.07, 6.45) is 0. The van der Waals surface area contributed by atoms with Gasteiger partial charge >= 0.3 is 0 Å². The van der Waals surface area contributed by atoms with Crippen LogP contribution in [0.25, 0.3) is 21.8 Å². The van der Waals surface area contributed by atoms with Crippen molar-refractivity contribution in [1.82, 2.24) is 9.55 Å². The van der Waals surface area contributed by atoms with Gasteiger partial charge in [-0.25, -0.2) is 4.98 Å². The molecule has 3 aromatic carbocycles. The highest BCUT2D eigenvalue weighted by atomic mass is 16.5. The molecule has 0 aliphatic carbocycles. The molecule has 0 aliphatic rings. The van der Waals surface area contributed by atoms with E-state index in [1.165, 1.54) is 0 Å². The van der Waals surface area contributed by atoms with Gasteiger partial charge in [0.1, 0.15) is 11.6 Å². The lowest BCUT2D eigenvalue weighted by atomic mass is 9.97. The Morgan fingerprint density at radius 1 is 1.00 bits per heavy atom. The topological polar surface area (TPSA) is 53.1 Å². The molecule has 4 nitrogen and oxygen atoms in total. The minimum Gasteiger partial charge on any atom is -0.496 e. The normalized spacial score (nSPS) is 12.6. The van der Waals surface area contributed by atoms with Crippen molar-refractivity contribution in [2.24, 2.45) is 12.8 Å². The first-order valence-electron chi connectivity index (χ1n) is 7.93. The zero-order valence-corrected chi connectivity index (χ0v) is 13.7. The van der Waals surface area contributed by atoms with Crippen LogP contribution in [0.2, 0.25) is 0 Å². The molecule has 24 heavy (non-hydrogen) atoms. The molecule has 0 amide bonds.